The molecule has 2 aromatic carbocycles. The van der Waals surface area contributed by atoms with Crippen LogP contribution in [0.2, 0.25) is 0 Å². The van der Waals surface area contributed by atoms with Crippen LogP contribution in [0.25, 0.3) is 11.1 Å². The van der Waals surface area contributed by atoms with Crippen LogP contribution in [0.4, 0.5) is 4.79 Å². The summed E-state index contributed by atoms with van der Waals surface area (Å²) in [6.07, 6.45) is 0.765. The number of amides is 2. The third-order valence-electron chi connectivity index (χ3n) is 6.03. The Bertz CT molecular complexity index is 1190. The minimum atomic E-state index is -1.10. The maximum atomic E-state index is 12.8. The van der Waals surface area contributed by atoms with Gasteiger partial charge in [-0.3, -0.25) is 14.3 Å². The summed E-state index contributed by atoms with van der Waals surface area (Å²) in [5.41, 5.74) is 5.23. The van der Waals surface area contributed by atoms with Crippen molar-refractivity contribution in [3.63, 3.8) is 0 Å². The predicted molar refractivity (Wildman–Crippen MR) is 124 cm³/mol. The third kappa shape index (κ3) is 4.50. The number of nitrogens with zero attached hydrogens (tertiary/aromatic N) is 3. The van der Waals surface area contributed by atoms with E-state index in [0.717, 1.165) is 22.3 Å². The van der Waals surface area contributed by atoms with Crippen LogP contribution >= 0.6 is 0 Å². The van der Waals surface area contributed by atoms with Crippen LogP contribution in [-0.4, -0.2) is 57.5 Å². The van der Waals surface area contributed by atoms with Crippen molar-refractivity contribution < 1.29 is 24.2 Å². The fraction of sp³-hybridized carbons (Fsp3) is 0.280. The highest BCUT2D eigenvalue weighted by Gasteiger charge is 2.29. The number of nitrogens with one attached hydrogen (secondary N) is 1. The van der Waals surface area contributed by atoms with Gasteiger partial charge in [-0.1, -0.05) is 48.5 Å². The molecule has 0 saturated heterocycles. The molecule has 9 heteroatoms. The Balaban J connectivity index is 1.41. The molecule has 1 heterocycles. The molecule has 0 radical (unpaired) electrons. The second-order valence-electron chi connectivity index (χ2n) is 8.02. The van der Waals surface area contributed by atoms with Crippen LogP contribution in [-0.2, 0) is 23.1 Å². The monoisotopic (exact) mass is 462 g/mol. The SMILES string of the molecule is CCN(CC(=O)O)C(=O)c1cnn(C)c1CNC(=O)OCC1c2ccccc2-c2ccccc21. The average molecular weight is 463 g/mol. The number of aromatic nitrogens is 2. The van der Waals surface area contributed by atoms with Gasteiger partial charge in [-0.2, -0.15) is 5.10 Å². The van der Waals surface area contributed by atoms with Crippen molar-refractivity contribution in [2.24, 2.45) is 7.05 Å². The number of carbonyl (C=O) groups is 3. The molecule has 1 aromatic heterocycles. The zero-order valence-electron chi connectivity index (χ0n) is 19.0. The van der Waals surface area contributed by atoms with Gasteiger partial charge in [0.2, 0.25) is 0 Å². The van der Waals surface area contributed by atoms with Crippen LogP contribution in [0.3, 0.4) is 0 Å². The van der Waals surface area contributed by atoms with E-state index in [-0.39, 0.29) is 31.2 Å². The first-order valence-electron chi connectivity index (χ1n) is 11.0. The highest BCUT2D eigenvalue weighted by molar-refractivity contribution is 5.96. The Morgan fingerprint density at radius 3 is 2.29 bits per heavy atom. The molecule has 2 amide bonds. The molecule has 0 aliphatic heterocycles. The van der Waals surface area contributed by atoms with Crippen molar-refractivity contribution in [2.45, 2.75) is 19.4 Å². The molecule has 34 heavy (non-hydrogen) atoms. The highest BCUT2D eigenvalue weighted by atomic mass is 16.5. The summed E-state index contributed by atoms with van der Waals surface area (Å²) in [4.78, 5) is 37.6. The molecule has 0 fully saturated rings. The molecule has 9 nitrogen and oxygen atoms in total. The van der Waals surface area contributed by atoms with Gasteiger partial charge in [-0.15, -0.1) is 0 Å². The second kappa shape index (κ2) is 9.78. The Morgan fingerprint density at radius 2 is 1.71 bits per heavy atom. The molecular weight excluding hydrogens is 436 g/mol. The number of hydrogen-bond acceptors (Lipinski definition) is 5. The van der Waals surface area contributed by atoms with Crippen LogP contribution in [0, 0.1) is 0 Å². The molecule has 0 bridgehead atoms. The third-order valence-corrected chi connectivity index (χ3v) is 6.03. The highest BCUT2D eigenvalue weighted by Crippen LogP contribution is 2.44. The van der Waals surface area contributed by atoms with Crippen molar-refractivity contribution in [3.8, 4) is 11.1 Å². The van der Waals surface area contributed by atoms with Crippen molar-refractivity contribution in [1.82, 2.24) is 20.0 Å². The summed E-state index contributed by atoms with van der Waals surface area (Å²) in [7, 11) is 1.65. The first-order valence-corrected chi connectivity index (χ1v) is 11.0. The molecule has 0 unspecified atom stereocenters. The molecule has 176 valence electrons. The van der Waals surface area contributed by atoms with Gasteiger partial charge in [0.25, 0.3) is 5.91 Å². The van der Waals surface area contributed by atoms with Crippen LogP contribution in [0.1, 0.15) is 40.0 Å². The summed E-state index contributed by atoms with van der Waals surface area (Å²) in [5.74, 6) is -1.61. The number of aliphatic carboxylic acids is 1. The predicted octanol–water partition coefficient (Wildman–Crippen LogP) is 3.01. The summed E-state index contributed by atoms with van der Waals surface area (Å²) in [5, 5.41) is 15.8. The topological polar surface area (TPSA) is 114 Å². The number of rotatable bonds is 8. The van der Waals surface area contributed by atoms with E-state index < -0.39 is 24.5 Å². The van der Waals surface area contributed by atoms with Crippen LogP contribution < -0.4 is 5.32 Å². The quantitative estimate of drug-likeness (QED) is 0.532. The minimum absolute atomic E-state index is 0.0128. The lowest BCUT2D eigenvalue weighted by atomic mass is 9.98. The van der Waals surface area contributed by atoms with E-state index in [9.17, 15) is 14.4 Å². The van der Waals surface area contributed by atoms with Gasteiger partial charge in [0, 0.05) is 19.5 Å². The van der Waals surface area contributed by atoms with E-state index in [2.05, 4.69) is 22.5 Å². The molecule has 0 atom stereocenters. The number of ether oxygens (including phenoxy) is 1. The number of carboxylic acid groups (broad SMARTS) is 1. The van der Waals surface area contributed by atoms with E-state index in [1.165, 1.54) is 15.8 Å². The summed E-state index contributed by atoms with van der Waals surface area (Å²) < 4.78 is 7.02. The number of carboxylic acids is 1. The van der Waals surface area contributed by atoms with Crippen LogP contribution in [0.5, 0.6) is 0 Å². The number of fused-ring (bicyclic) bond motifs is 3. The van der Waals surface area contributed by atoms with Gasteiger partial charge in [-0.05, 0) is 29.2 Å². The molecule has 0 saturated carbocycles. The van der Waals surface area contributed by atoms with Crippen molar-refractivity contribution in [1.29, 1.82) is 0 Å². The van der Waals surface area contributed by atoms with E-state index in [1.807, 2.05) is 36.4 Å². The normalized spacial score (nSPS) is 12.1. The lowest BCUT2D eigenvalue weighted by Crippen LogP contribution is -2.36. The first-order chi connectivity index (χ1) is 16.4. The Hall–Kier alpha value is -4.14. The Labute approximate surface area is 196 Å². The molecule has 3 aromatic rings. The van der Waals surface area contributed by atoms with E-state index in [1.54, 1.807) is 14.0 Å². The summed E-state index contributed by atoms with van der Waals surface area (Å²) >= 11 is 0. The number of alkyl carbamates (subject to hydrolysis) is 1. The number of aryl methyl sites for hydroxylation is 1. The Kier molecular flexibility index (Phi) is 6.62. The van der Waals surface area contributed by atoms with Gasteiger partial charge in [0.15, 0.2) is 0 Å². The van der Waals surface area contributed by atoms with Crippen molar-refractivity contribution in [3.05, 3.63) is 77.1 Å². The maximum Gasteiger partial charge on any atom is 0.407 e. The van der Waals surface area contributed by atoms with E-state index >= 15 is 0 Å². The molecule has 1 aliphatic rings. The second-order valence-corrected chi connectivity index (χ2v) is 8.02. The number of benzene rings is 2. The van der Waals surface area contributed by atoms with E-state index in [4.69, 9.17) is 9.84 Å². The maximum absolute atomic E-state index is 12.8. The summed E-state index contributed by atoms with van der Waals surface area (Å²) in [6, 6.07) is 16.2. The molecular formula is C25H26N4O5. The minimum Gasteiger partial charge on any atom is -0.480 e. The zero-order chi connectivity index (χ0) is 24.2. The molecule has 1 aliphatic carbocycles. The van der Waals surface area contributed by atoms with Gasteiger partial charge in [-0.25, -0.2) is 4.79 Å². The lowest BCUT2D eigenvalue weighted by Gasteiger charge is -2.19. The molecule has 4 rings (SSSR count). The fourth-order valence-electron chi connectivity index (χ4n) is 4.32. The Morgan fingerprint density at radius 1 is 1.09 bits per heavy atom. The van der Waals surface area contributed by atoms with Gasteiger partial charge in [0.1, 0.15) is 13.2 Å². The average Bonchev–Trinajstić information content (AvgIpc) is 3.36. The van der Waals surface area contributed by atoms with E-state index in [0.29, 0.717) is 5.69 Å². The zero-order valence-corrected chi connectivity index (χ0v) is 19.0. The largest absolute Gasteiger partial charge is 0.480 e. The van der Waals surface area contributed by atoms with Crippen molar-refractivity contribution in [2.75, 3.05) is 19.7 Å². The van der Waals surface area contributed by atoms with Gasteiger partial charge < -0.3 is 20.1 Å². The smallest absolute Gasteiger partial charge is 0.407 e. The van der Waals surface area contributed by atoms with Crippen molar-refractivity contribution >= 4 is 18.0 Å². The lowest BCUT2D eigenvalue weighted by molar-refractivity contribution is -0.137. The van der Waals surface area contributed by atoms with Crippen LogP contribution in [0.15, 0.2) is 54.7 Å². The number of hydrogen-bond donors (Lipinski definition) is 2. The molecule has 0 spiro atoms. The first kappa shape index (κ1) is 23.0. The van der Waals surface area contributed by atoms with Gasteiger partial charge >= 0.3 is 12.1 Å². The van der Waals surface area contributed by atoms with Gasteiger partial charge in [0.05, 0.1) is 24.0 Å². The molecule has 2 N–H and O–H groups in total. The fourth-order valence-corrected chi connectivity index (χ4v) is 4.32. The number of likely N-dealkylation sites (N-methyl/N-ethyl adjacent to an activating group) is 1. The standard InChI is InChI=1S/C25H26N4O5/c1-3-29(14-23(30)31)24(32)20-12-27-28(2)22(20)13-26-25(33)34-15-21-18-10-6-4-8-16(18)17-9-5-7-11-19(17)21/h4-12,21H,3,13-15H2,1-2H3,(H,26,33)(H,30,31). The number of carbonyl (C=O) groups excluding carboxylic acids is 2. The summed E-state index contributed by atoms with van der Waals surface area (Å²) in [6.45, 7) is 1.71.